The van der Waals surface area contributed by atoms with Crippen LogP contribution in [0.2, 0.25) is 0 Å². The van der Waals surface area contributed by atoms with Crippen molar-refractivity contribution in [3.8, 4) is 0 Å². The van der Waals surface area contributed by atoms with Gasteiger partial charge in [-0.25, -0.2) is 0 Å². The zero-order valence-electron chi connectivity index (χ0n) is 13.1. The molecule has 116 valence electrons. The van der Waals surface area contributed by atoms with Gasteiger partial charge in [-0.1, -0.05) is 26.0 Å². The molecule has 4 rings (SSSR count). The van der Waals surface area contributed by atoms with Gasteiger partial charge in [0, 0.05) is 32.1 Å². The highest BCUT2D eigenvalue weighted by Crippen LogP contribution is 2.50. The molecule has 0 aromatic carbocycles. The van der Waals surface area contributed by atoms with Crippen LogP contribution in [0.1, 0.15) is 26.7 Å². The first-order valence-corrected chi connectivity index (χ1v) is 8.50. The molecule has 4 nitrogen and oxygen atoms in total. The molecule has 4 heteroatoms. The number of hydrogen-bond donors (Lipinski definition) is 0. The molecule has 21 heavy (non-hydrogen) atoms. The molecule has 2 heterocycles. The van der Waals surface area contributed by atoms with Crippen molar-refractivity contribution in [1.29, 1.82) is 0 Å². The zero-order valence-corrected chi connectivity index (χ0v) is 13.1. The molecule has 5 atom stereocenters. The number of carbonyl (C=O) groups excluding carboxylic acids is 1. The Morgan fingerprint density at radius 1 is 1.14 bits per heavy atom. The highest BCUT2D eigenvalue weighted by molar-refractivity contribution is 5.78. The number of carbonyl (C=O) groups is 1. The van der Waals surface area contributed by atoms with Gasteiger partial charge in [0.2, 0.25) is 5.91 Å². The van der Waals surface area contributed by atoms with Crippen LogP contribution in [0.25, 0.3) is 0 Å². The average molecular weight is 290 g/mol. The molecule has 1 saturated carbocycles. The van der Waals surface area contributed by atoms with Crippen LogP contribution in [0.15, 0.2) is 12.2 Å². The van der Waals surface area contributed by atoms with Gasteiger partial charge in [-0.15, -0.1) is 0 Å². The molecule has 1 amide bonds. The van der Waals surface area contributed by atoms with E-state index in [1.807, 2.05) is 18.7 Å². The molecule has 0 spiro atoms. The van der Waals surface area contributed by atoms with E-state index in [0.29, 0.717) is 18.2 Å². The Morgan fingerprint density at radius 3 is 2.48 bits per heavy atom. The summed E-state index contributed by atoms with van der Waals surface area (Å²) in [5.41, 5.74) is 0. The van der Waals surface area contributed by atoms with Crippen molar-refractivity contribution in [2.75, 3.05) is 26.2 Å². The number of allylic oxidation sites excluding steroid dienone is 2. The summed E-state index contributed by atoms with van der Waals surface area (Å²) in [6, 6.07) is 0. The molecular formula is C17H26N2O2. The second-order valence-corrected chi connectivity index (χ2v) is 7.45. The Morgan fingerprint density at radius 2 is 1.90 bits per heavy atom. The first-order valence-electron chi connectivity index (χ1n) is 8.50. The van der Waals surface area contributed by atoms with Crippen LogP contribution in [-0.4, -0.2) is 54.2 Å². The van der Waals surface area contributed by atoms with Gasteiger partial charge < -0.3 is 9.64 Å². The number of piperazine rings is 1. The largest absolute Gasteiger partial charge is 0.353 e. The van der Waals surface area contributed by atoms with Crippen molar-refractivity contribution in [3.05, 3.63) is 12.2 Å². The number of ether oxygens (including phenoxy) is 1. The van der Waals surface area contributed by atoms with Crippen LogP contribution in [-0.2, 0) is 9.53 Å². The van der Waals surface area contributed by atoms with Crippen molar-refractivity contribution in [2.45, 2.75) is 39.0 Å². The maximum absolute atomic E-state index is 12.0. The third-order valence-corrected chi connectivity index (χ3v) is 5.73. The minimum absolute atomic E-state index is 0.113. The molecular weight excluding hydrogens is 264 g/mol. The van der Waals surface area contributed by atoms with Gasteiger partial charge >= 0.3 is 0 Å². The Kier molecular flexibility index (Phi) is 3.34. The van der Waals surface area contributed by atoms with Gasteiger partial charge in [0.05, 0.1) is 0 Å². The van der Waals surface area contributed by atoms with Crippen molar-refractivity contribution in [2.24, 2.45) is 23.7 Å². The minimum atomic E-state index is 0.113. The fourth-order valence-electron chi connectivity index (χ4n) is 4.48. The summed E-state index contributed by atoms with van der Waals surface area (Å²) < 4.78 is 6.02. The monoisotopic (exact) mass is 290 g/mol. The lowest BCUT2D eigenvalue weighted by Gasteiger charge is -2.35. The fourth-order valence-corrected chi connectivity index (χ4v) is 4.48. The van der Waals surface area contributed by atoms with Crippen LogP contribution in [0.3, 0.4) is 0 Å². The third kappa shape index (κ3) is 2.42. The highest BCUT2D eigenvalue weighted by Gasteiger charge is 2.54. The number of epoxide rings is 1. The number of nitrogens with zero attached hydrogens (tertiary/aromatic N) is 2. The van der Waals surface area contributed by atoms with Crippen LogP contribution >= 0.6 is 0 Å². The van der Waals surface area contributed by atoms with E-state index in [2.05, 4.69) is 17.1 Å². The van der Waals surface area contributed by atoms with E-state index < -0.39 is 0 Å². The van der Waals surface area contributed by atoms with Crippen LogP contribution < -0.4 is 0 Å². The summed E-state index contributed by atoms with van der Waals surface area (Å²) in [7, 11) is 0. The van der Waals surface area contributed by atoms with E-state index in [9.17, 15) is 4.79 Å². The SMILES string of the molecule is CC(C)C(=O)N1CCN(C2OC2C2CC3C=CC2C3)CC1. The van der Waals surface area contributed by atoms with E-state index in [1.165, 1.54) is 12.8 Å². The quantitative estimate of drug-likeness (QED) is 0.586. The molecule has 0 radical (unpaired) electrons. The van der Waals surface area contributed by atoms with Gasteiger partial charge in [0.25, 0.3) is 0 Å². The van der Waals surface area contributed by atoms with Crippen LogP contribution in [0, 0.1) is 23.7 Å². The molecule has 2 aliphatic carbocycles. The van der Waals surface area contributed by atoms with Gasteiger partial charge in [-0.3, -0.25) is 9.69 Å². The molecule has 3 fully saturated rings. The topological polar surface area (TPSA) is 36.1 Å². The van der Waals surface area contributed by atoms with Gasteiger partial charge in [0.1, 0.15) is 12.3 Å². The second-order valence-electron chi connectivity index (χ2n) is 7.45. The highest BCUT2D eigenvalue weighted by atomic mass is 16.6. The van der Waals surface area contributed by atoms with Gasteiger partial charge in [-0.2, -0.15) is 0 Å². The zero-order chi connectivity index (χ0) is 14.6. The Balaban J connectivity index is 1.28. The molecule has 2 saturated heterocycles. The maximum Gasteiger partial charge on any atom is 0.225 e. The molecule has 2 aliphatic heterocycles. The molecule has 0 N–H and O–H groups in total. The lowest BCUT2D eigenvalue weighted by molar-refractivity contribution is -0.136. The second kappa shape index (κ2) is 5.10. The molecule has 4 aliphatic rings. The van der Waals surface area contributed by atoms with Crippen LogP contribution in [0.5, 0.6) is 0 Å². The summed E-state index contributed by atoms with van der Waals surface area (Å²) in [5.74, 6) is 2.75. The van der Waals surface area contributed by atoms with Crippen LogP contribution in [0.4, 0.5) is 0 Å². The first-order chi connectivity index (χ1) is 10.1. The average Bonchev–Trinajstić information content (AvgIpc) is 3.00. The lowest BCUT2D eigenvalue weighted by Crippen LogP contribution is -2.51. The predicted octanol–water partition coefficient (Wildman–Crippen LogP) is 1.72. The van der Waals surface area contributed by atoms with Gasteiger partial charge in [0.15, 0.2) is 0 Å². The Labute approximate surface area is 127 Å². The maximum atomic E-state index is 12.0. The predicted molar refractivity (Wildman–Crippen MR) is 80.5 cm³/mol. The Hall–Kier alpha value is -0.870. The van der Waals surface area contributed by atoms with E-state index in [-0.39, 0.29) is 5.92 Å². The van der Waals surface area contributed by atoms with E-state index in [4.69, 9.17) is 4.74 Å². The van der Waals surface area contributed by atoms with Crippen molar-refractivity contribution < 1.29 is 9.53 Å². The van der Waals surface area contributed by atoms with Gasteiger partial charge in [-0.05, 0) is 30.6 Å². The van der Waals surface area contributed by atoms with E-state index in [1.54, 1.807) is 0 Å². The van der Waals surface area contributed by atoms with E-state index >= 15 is 0 Å². The van der Waals surface area contributed by atoms with Crippen molar-refractivity contribution in [3.63, 3.8) is 0 Å². The molecule has 0 aromatic heterocycles. The molecule has 5 unspecified atom stereocenters. The summed E-state index contributed by atoms with van der Waals surface area (Å²) in [6.45, 7) is 7.63. The number of amides is 1. The number of fused-ring (bicyclic) bond motifs is 2. The smallest absolute Gasteiger partial charge is 0.225 e. The third-order valence-electron chi connectivity index (χ3n) is 5.73. The lowest BCUT2D eigenvalue weighted by atomic mass is 9.90. The molecule has 2 bridgehead atoms. The summed E-state index contributed by atoms with van der Waals surface area (Å²) in [4.78, 5) is 16.5. The first kappa shape index (κ1) is 13.8. The van der Waals surface area contributed by atoms with Crippen molar-refractivity contribution in [1.82, 2.24) is 9.80 Å². The summed E-state index contributed by atoms with van der Waals surface area (Å²) in [5, 5.41) is 0. The minimum Gasteiger partial charge on any atom is -0.353 e. The molecule has 0 aromatic rings. The fraction of sp³-hybridized carbons (Fsp3) is 0.824. The summed E-state index contributed by atoms with van der Waals surface area (Å²) >= 11 is 0. The number of hydrogen-bond acceptors (Lipinski definition) is 3. The Bertz CT molecular complexity index is 454. The van der Waals surface area contributed by atoms with Crippen molar-refractivity contribution >= 4 is 5.91 Å². The summed E-state index contributed by atoms with van der Waals surface area (Å²) in [6.07, 6.45) is 8.28. The number of rotatable bonds is 3. The normalized spacial score (nSPS) is 42.0. The standard InChI is InChI=1S/C17H26N2O2/c1-11(2)16(20)18-5-7-19(8-6-18)17-15(21-17)14-10-12-3-4-13(14)9-12/h3-4,11-15,17H,5-10H2,1-2H3. The van der Waals surface area contributed by atoms with E-state index in [0.717, 1.165) is 43.9 Å².